The van der Waals surface area contributed by atoms with Crippen LogP contribution in [0.15, 0.2) is 6.20 Å². The van der Waals surface area contributed by atoms with Crippen LogP contribution in [0.5, 0.6) is 0 Å². The SMILES string of the molecule is Cc1cnc(N2CCC[C@@H]2CO)nc1N1CCC[C@H]1CO. The van der Waals surface area contributed by atoms with Crippen LogP contribution in [0.4, 0.5) is 11.8 Å². The Bertz CT molecular complexity index is 497. The van der Waals surface area contributed by atoms with Crippen molar-refractivity contribution in [1.29, 1.82) is 0 Å². The van der Waals surface area contributed by atoms with E-state index in [0.29, 0.717) is 5.95 Å². The topological polar surface area (TPSA) is 72.7 Å². The predicted octanol–water partition coefficient (Wildman–Crippen LogP) is 0.707. The molecule has 3 rings (SSSR count). The molecule has 21 heavy (non-hydrogen) atoms. The van der Waals surface area contributed by atoms with Crippen molar-refractivity contribution in [2.75, 3.05) is 36.1 Å². The minimum Gasteiger partial charge on any atom is -0.394 e. The second kappa shape index (κ2) is 6.15. The largest absolute Gasteiger partial charge is 0.394 e. The smallest absolute Gasteiger partial charge is 0.227 e. The molecule has 0 amide bonds. The molecule has 6 nitrogen and oxygen atoms in total. The Kier molecular flexibility index (Phi) is 4.26. The molecule has 2 fully saturated rings. The van der Waals surface area contributed by atoms with E-state index in [9.17, 15) is 10.2 Å². The number of nitrogens with zero attached hydrogens (tertiary/aromatic N) is 4. The van der Waals surface area contributed by atoms with Crippen LogP contribution in [0, 0.1) is 6.92 Å². The quantitative estimate of drug-likeness (QED) is 0.851. The van der Waals surface area contributed by atoms with Gasteiger partial charge in [-0.05, 0) is 32.6 Å². The molecule has 6 heteroatoms. The predicted molar refractivity (Wildman–Crippen MR) is 81.7 cm³/mol. The third kappa shape index (κ3) is 2.70. The minimum absolute atomic E-state index is 0.132. The number of hydrogen-bond acceptors (Lipinski definition) is 6. The molecule has 0 saturated carbocycles. The first-order chi connectivity index (χ1) is 10.2. The summed E-state index contributed by atoms with van der Waals surface area (Å²) in [6.45, 7) is 4.17. The standard InChI is InChI=1S/C15H24N4O2/c1-11-8-16-15(19-7-3-5-13(19)10-21)17-14(11)18-6-2-4-12(18)9-20/h8,12-13,20-21H,2-7,9-10H2,1H3/t12-,13+/m0/s1. The maximum absolute atomic E-state index is 9.52. The molecule has 0 radical (unpaired) electrons. The van der Waals surface area contributed by atoms with E-state index >= 15 is 0 Å². The van der Waals surface area contributed by atoms with Crippen LogP contribution in [0.2, 0.25) is 0 Å². The first-order valence-electron chi connectivity index (χ1n) is 7.83. The van der Waals surface area contributed by atoms with Crippen LogP contribution >= 0.6 is 0 Å². The molecule has 0 spiro atoms. The van der Waals surface area contributed by atoms with Crippen LogP contribution in [0.3, 0.4) is 0 Å². The van der Waals surface area contributed by atoms with Gasteiger partial charge in [-0.25, -0.2) is 4.98 Å². The van der Waals surface area contributed by atoms with Crippen LogP contribution in [-0.2, 0) is 0 Å². The Labute approximate surface area is 125 Å². The molecule has 2 saturated heterocycles. The van der Waals surface area contributed by atoms with Crippen molar-refractivity contribution in [2.24, 2.45) is 0 Å². The summed E-state index contributed by atoms with van der Waals surface area (Å²) in [6, 6.07) is 0.298. The lowest BCUT2D eigenvalue weighted by Crippen LogP contribution is -2.36. The third-order valence-corrected chi connectivity index (χ3v) is 4.64. The first kappa shape index (κ1) is 14.5. The van der Waals surface area contributed by atoms with Gasteiger partial charge < -0.3 is 20.0 Å². The number of aliphatic hydroxyl groups excluding tert-OH is 2. The van der Waals surface area contributed by atoms with Crippen molar-refractivity contribution in [2.45, 2.75) is 44.7 Å². The zero-order valence-corrected chi connectivity index (χ0v) is 12.6. The van der Waals surface area contributed by atoms with Crippen LogP contribution in [0.25, 0.3) is 0 Å². The van der Waals surface area contributed by atoms with E-state index in [-0.39, 0.29) is 25.3 Å². The Hall–Kier alpha value is -1.40. The number of aryl methyl sites for hydroxylation is 1. The summed E-state index contributed by atoms with van der Waals surface area (Å²) in [5, 5.41) is 19.0. The molecule has 116 valence electrons. The van der Waals surface area contributed by atoms with Crippen LogP contribution < -0.4 is 9.80 Å². The molecule has 0 aliphatic carbocycles. The molecule has 2 N–H and O–H groups in total. The number of aliphatic hydroxyl groups is 2. The Morgan fingerprint density at radius 2 is 1.71 bits per heavy atom. The average molecular weight is 292 g/mol. The van der Waals surface area contributed by atoms with Crippen molar-refractivity contribution in [3.05, 3.63) is 11.8 Å². The molecule has 2 aliphatic heterocycles. The van der Waals surface area contributed by atoms with Gasteiger partial charge in [-0.15, -0.1) is 0 Å². The van der Waals surface area contributed by atoms with Gasteiger partial charge in [0.1, 0.15) is 5.82 Å². The zero-order valence-electron chi connectivity index (χ0n) is 12.6. The van der Waals surface area contributed by atoms with Gasteiger partial charge in [0.25, 0.3) is 0 Å². The molecule has 0 bridgehead atoms. The summed E-state index contributed by atoms with van der Waals surface area (Å²) in [5.74, 6) is 1.64. The van der Waals surface area contributed by atoms with Gasteiger partial charge in [0.2, 0.25) is 5.95 Å². The van der Waals surface area contributed by atoms with Crippen LogP contribution in [-0.4, -0.2) is 58.6 Å². The van der Waals surface area contributed by atoms with E-state index in [1.165, 1.54) is 0 Å². The lowest BCUT2D eigenvalue weighted by atomic mass is 10.2. The zero-order chi connectivity index (χ0) is 14.8. The highest BCUT2D eigenvalue weighted by molar-refractivity contribution is 5.52. The fraction of sp³-hybridized carbons (Fsp3) is 0.733. The molecule has 2 aliphatic rings. The monoisotopic (exact) mass is 292 g/mol. The molecular weight excluding hydrogens is 268 g/mol. The lowest BCUT2D eigenvalue weighted by molar-refractivity contribution is 0.265. The fourth-order valence-electron chi connectivity index (χ4n) is 3.45. The van der Waals surface area contributed by atoms with Gasteiger partial charge in [0.05, 0.1) is 25.3 Å². The highest BCUT2D eigenvalue weighted by Crippen LogP contribution is 2.29. The van der Waals surface area contributed by atoms with Gasteiger partial charge in [-0.2, -0.15) is 4.98 Å². The van der Waals surface area contributed by atoms with Gasteiger partial charge in [0.15, 0.2) is 0 Å². The molecule has 1 aromatic rings. The molecule has 2 atom stereocenters. The highest BCUT2D eigenvalue weighted by atomic mass is 16.3. The number of rotatable bonds is 4. The Morgan fingerprint density at radius 1 is 1.10 bits per heavy atom. The fourth-order valence-corrected chi connectivity index (χ4v) is 3.45. The summed E-state index contributed by atoms with van der Waals surface area (Å²) in [5.41, 5.74) is 1.04. The molecule has 1 aromatic heterocycles. The highest BCUT2D eigenvalue weighted by Gasteiger charge is 2.29. The molecule has 0 aromatic carbocycles. The van der Waals surface area contributed by atoms with Gasteiger partial charge in [-0.1, -0.05) is 0 Å². The maximum atomic E-state index is 9.52. The second-order valence-corrected chi connectivity index (χ2v) is 6.02. The normalized spacial score (nSPS) is 25.9. The summed E-state index contributed by atoms with van der Waals surface area (Å²) in [6.07, 6.45) is 6.02. The molecule has 0 unspecified atom stereocenters. The van der Waals surface area contributed by atoms with Crippen molar-refractivity contribution in [3.63, 3.8) is 0 Å². The van der Waals surface area contributed by atoms with Crippen molar-refractivity contribution in [1.82, 2.24) is 9.97 Å². The second-order valence-electron chi connectivity index (χ2n) is 6.02. The Balaban J connectivity index is 1.89. The van der Waals surface area contributed by atoms with E-state index in [1.54, 1.807) is 0 Å². The maximum Gasteiger partial charge on any atom is 0.227 e. The number of aromatic nitrogens is 2. The Morgan fingerprint density at radius 3 is 2.38 bits per heavy atom. The van der Waals surface area contributed by atoms with Crippen molar-refractivity contribution >= 4 is 11.8 Å². The van der Waals surface area contributed by atoms with Gasteiger partial charge >= 0.3 is 0 Å². The summed E-state index contributed by atoms with van der Waals surface area (Å²) in [4.78, 5) is 13.5. The summed E-state index contributed by atoms with van der Waals surface area (Å²) >= 11 is 0. The summed E-state index contributed by atoms with van der Waals surface area (Å²) < 4.78 is 0. The lowest BCUT2D eigenvalue weighted by Gasteiger charge is -2.28. The van der Waals surface area contributed by atoms with E-state index in [4.69, 9.17) is 4.98 Å². The van der Waals surface area contributed by atoms with Crippen LogP contribution in [0.1, 0.15) is 31.2 Å². The number of hydrogen-bond donors (Lipinski definition) is 2. The summed E-state index contributed by atoms with van der Waals surface area (Å²) in [7, 11) is 0. The van der Waals surface area contributed by atoms with Crippen molar-refractivity contribution in [3.8, 4) is 0 Å². The minimum atomic E-state index is 0.132. The molecule has 3 heterocycles. The van der Waals surface area contributed by atoms with E-state index in [2.05, 4.69) is 14.8 Å². The molecular formula is C15H24N4O2. The number of anilines is 2. The first-order valence-corrected chi connectivity index (χ1v) is 7.83. The van der Waals surface area contributed by atoms with Gasteiger partial charge in [-0.3, -0.25) is 0 Å². The third-order valence-electron chi connectivity index (χ3n) is 4.64. The van der Waals surface area contributed by atoms with E-state index < -0.39 is 0 Å². The van der Waals surface area contributed by atoms with E-state index in [1.807, 2.05) is 13.1 Å². The average Bonchev–Trinajstić information content (AvgIpc) is 3.16. The van der Waals surface area contributed by atoms with Crippen molar-refractivity contribution < 1.29 is 10.2 Å². The van der Waals surface area contributed by atoms with Gasteiger partial charge in [0, 0.05) is 24.8 Å². The van der Waals surface area contributed by atoms with E-state index in [0.717, 1.165) is 50.2 Å².